The number of rotatable bonds is 5. The number of hydrogen-bond donors (Lipinski definition) is 2. The van der Waals surface area contributed by atoms with Gasteiger partial charge in [-0.15, -0.1) is 11.3 Å². The highest BCUT2D eigenvalue weighted by Crippen LogP contribution is 2.39. The third-order valence-electron chi connectivity index (χ3n) is 4.90. The molecule has 0 aliphatic carbocycles. The van der Waals surface area contributed by atoms with Gasteiger partial charge >= 0.3 is 0 Å². The third-order valence-corrected chi connectivity index (χ3v) is 6.25. The van der Waals surface area contributed by atoms with E-state index in [1.54, 1.807) is 6.07 Å². The van der Waals surface area contributed by atoms with Crippen molar-refractivity contribution in [1.82, 2.24) is 10.3 Å². The molecule has 0 aliphatic rings. The minimum atomic E-state index is -0.217. The second-order valence-corrected chi connectivity index (χ2v) is 8.03. The molecule has 29 heavy (non-hydrogen) atoms. The maximum absolute atomic E-state index is 13.4. The zero-order valence-corrected chi connectivity index (χ0v) is 17.4. The van der Waals surface area contributed by atoms with E-state index in [4.69, 9.17) is 22.3 Å². The topological polar surface area (TPSA) is 68.0 Å². The number of nitrogens with two attached hydrogens (primary N) is 1. The van der Waals surface area contributed by atoms with Gasteiger partial charge < -0.3 is 11.1 Å². The van der Waals surface area contributed by atoms with Crippen LogP contribution in [0.5, 0.6) is 0 Å². The van der Waals surface area contributed by atoms with E-state index < -0.39 is 0 Å². The number of benzene rings is 2. The molecule has 3 N–H and O–H groups in total. The molecule has 146 valence electrons. The van der Waals surface area contributed by atoms with Gasteiger partial charge in [-0.2, -0.15) is 0 Å². The van der Waals surface area contributed by atoms with E-state index in [2.05, 4.69) is 5.32 Å². The largest absolute Gasteiger partial charge is 0.396 e. The van der Waals surface area contributed by atoms with Gasteiger partial charge in [0.1, 0.15) is 5.69 Å². The Morgan fingerprint density at radius 1 is 1.14 bits per heavy atom. The highest BCUT2D eigenvalue weighted by Gasteiger charge is 2.23. The maximum atomic E-state index is 13.4. The standard InChI is InChI=1S/C23H20ClN3OS/c1-2-17(14-8-4-3-5-9-14)27-23(28)19-15-10-6-7-11-18(15)26-21(20(19)25)22-16(24)12-13-29-22/h3-13,17H,2,25H2,1H3,(H,27,28)/t17-/m0/s1. The minimum absolute atomic E-state index is 0.108. The molecule has 1 atom stereocenters. The first-order valence-corrected chi connectivity index (χ1v) is 10.6. The number of anilines is 1. The number of fused-ring (bicyclic) bond motifs is 1. The number of thiophene rings is 1. The fourth-order valence-corrected chi connectivity index (χ4v) is 4.59. The van der Waals surface area contributed by atoms with Gasteiger partial charge in [0, 0.05) is 5.39 Å². The van der Waals surface area contributed by atoms with Gasteiger partial charge in [0.05, 0.1) is 32.7 Å². The van der Waals surface area contributed by atoms with Gasteiger partial charge in [0.25, 0.3) is 5.91 Å². The summed E-state index contributed by atoms with van der Waals surface area (Å²) in [6.07, 6.45) is 0.766. The smallest absolute Gasteiger partial charge is 0.254 e. The van der Waals surface area contributed by atoms with Crippen LogP contribution in [-0.2, 0) is 0 Å². The summed E-state index contributed by atoms with van der Waals surface area (Å²) in [4.78, 5) is 18.8. The molecule has 0 saturated carbocycles. The van der Waals surface area contributed by atoms with Crippen molar-refractivity contribution >= 4 is 45.4 Å². The van der Waals surface area contributed by atoms with E-state index >= 15 is 0 Å². The van der Waals surface area contributed by atoms with E-state index in [1.807, 2.05) is 66.9 Å². The molecular weight excluding hydrogens is 402 g/mol. The minimum Gasteiger partial charge on any atom is -0.396 e. The van der Waals surface area contributed by atoms with Crippen LogP contribution in [0, 0.1) is 0 Å². The average Bonchev–Trinajstić information content (AvgIpc) is 3.17. The molecule has 2 aromatic carbocycles. The van der Waals surface area contributed by atoms with Gasteiger partial charge in [-0.25, -0.2) is 4.98 Å². The van der Waals surface area contributed by atoms with Crippen LogP contribution in [0.4, 0.5) is 5.69 Å². The van der Waals surface area contributed by atoms with E-state index in [1.165, 1.54) is 11.3 Å². The molecule has 0 fully saturated rings. The molecule has 4 rings (SSSR count). The zero-order valence-electron chi connectivity index (χ0n) is 15.9. The van der Waals surface area contributed by atoms with Crippen molar-refractivity contribution in [2.75, 3.05) is 5.73 Å². The highest BCUT2D eigenvalue weighted by atomic mass is 35.5. The summed E-state index contributed by atoms with van der Waals surface area (Å²) >= 11 is 7.79. The van der Waals surface area contributed by atoms with Crippen molar-refractivity contribution < 1.29 is 4.79 Å². The van der Waals surface area contributed by atoms with Crippen molar-refractivity contribution in [3.63, 3.8) is 0 Å². The fraction of sp³-hybridized carbons (Fsp3) is 0.130. The Hall–Kier alpha value is -2.89. The third kappa shape index (κ3) is 3.71. The lowest BCUT2D eigenvalue weighted by molar-refractivity contribution is 0.0938. The Labute approximate surface area is 178 Å². The molecule has 2 aromatic heterocycles. The molecule has 0 aliphatic heterocycles. The number of para-hydroxylation sites is 1. The van der Waals surface area contributed by atoms with Crippen LogP contribution in [0.3, 0.4) is 0 Å². The zero-order chi connectivity index (χ0) is 20.4. The lowest BCUT2D eigenvalue weighted by Gasteiger charge is -2.20. The number of aromatic nitrogens is 1. The first-order valence-electron chi connectivity index (χ1n) is 9.37. The number of amides is 1. The number of nitrogens with one attached hydrogen (secondary N) is 1. The molecule has 0 saturated heterocycles. The van der Waals surface area contributed by atoms with Gasteiger partial charge in [0.2, 0.25) is 0 Å². The summed E-state index contributed by atoms with van der Waals surface area (Å²) in [6, 6.07) is 19.2. The summed E-state index contributed by atoms with van der Waals surface area (Å²) in [5.41, 5.74) is 9.57. The van der Waals surface area contributed by atoms with Crippen molar-refractivity contribution in [1.29, 1.82) is 0 Å². The number of halogens is 1. The fourth-order valence-electron chi connectivity index (χ4n) is 3.44. The van der Waals surface area contributed by atoms with E-state index in [0.717, 1.165) is 22.2 Å². The lowest BCUT2D eigenvalue weighted by atomic mass is 10.0. The Morgan fingerprint density at radius 3 is 2.55 bits per heavy atom. The van der Waals surface area contributed by atoms with Crippen LogP contribution in [0.15, 0.2) is 66.0 Å². The van der Waals surface area contributed by atoms with Crippen molar-refractivity contribution in [3.8, 4) is 10.6 Å². The molecule has 6 heteroatoms. The van der Waals surface area contributed by atoms with Gasteiger partial charge in [-0.3, -0.25) is 4.79 Å². The van der Waals surface area contributed by atoms with Gasteiger partial charge in [0.15, 0.2) is 0 Å². The monoisotopic (exact) mass is 421 g/mol. The van der Waals surface area contributed by atoms with Crippen molar-refractivity contribution in [2.24, 2.45) is 0 Å². The Morgan fingerprint density at radius 2 is 1.86 bits per heavy atom. The predicted molar refractivity (Wildman–Crippen MR) is 121 cm³/mol. The number of nitrogen functional groups attached to an aromatic ring is 1. The molecule has 0 bridgehead atoms. The molecular formula is C23H20ClN3OS. The van der Waals surface area contributed by atoms with Crippen LogP contribution in [0.2, 0.25) is 5.02 Å². The quantitative estimate of drug-likeness (QED) is 0.410. The Bertz CT molecular complexity index is 1170. The predicted octanol–water partition coefficient (Wildman–Crippen LogP) is 6.08. The Balaban J connectivity index is 1.83. The summed E-state index contributed by atoms with van der Waals surface area (Å²) in [7, 11) is 0. The molecule has 2 heterocycles. The van der Waals surface area contributed by atoms with Crippen molar-refractivity contribution in [3.05, 3.63) is 82.2 Å². The summed E-state index contributed by atoms with van der Waals surface area (Å²) in [5.74, 6) is -0.217. The second kappa shape index (κ2) is 8.23. The van der Waals surface area contributed by atoms with E-state index in [-0.39, 0.29) is 11.9 Å². The summed E-state index contributed by atoms with van der Waals surface area (Å²) in [5, 5.41) is 6.33. The summed E-state index contributed by atoms with van der Waals surface area (Å²) in [6.45, 7) is 2.04. The van der Waals surface area contributed by atoms with Crippen LogP contribution in [-0.4, -0.2) is 10.9 Å². The molecule has 4 nitrogen and oxygen atoms in total. The van der Waals surface area contributed by atoms with Gasteiger partial charge in [-0.1, -0.05) is 67.1 Å². The molecule has 0 unspecified atom stereocenters. The van der Waals surface area contributed by atoms with Crippen molar-refractivity contribution in [2.45, 2.75) is 19.4 Å². The molecule has 4 aromatic rings. The normalized spacial score (nSPS) is 12.1. The molecule has 0 spiro atoms. The highest BCUT2D eigenvalue weighted by molar-refractivity contribution is 7.14. The van der Waals surface area contributed by atoms with E-state index in [9.17, 15) is 4.79 Å². The Kier molecular flexibility index (Phi) is 5.51. The van der Waals surface area contributed by atoms with E-state index in [0.29, 0.717) is 27.5 Å². The lowest BCUT2D eigenvalue weighted by Crippen LogP contribution is -2.29. The maximum Gasteiger partial charge on any atom is 0.254 e. The molecule has 1 amide bonds. The summed E-state index contributed by atoms with van der Waals surface area (Å²) < 4.78 is 0. The van der Waals surface area contributed by atoms with Crippen LogP contribution in [0.1, 0.15) is 35.3 Å². The molecule has 0 radical (unpaired) electrons. The number of carbonyl (C=O) groups excluding carboxylic acids is 1. The number of pyridine rings is 1. The number of carbonyl (C=O) groups is 1. The number of hydrogen-bond acceptors (Lipinski definition) is 4. The first kappa shape index (κ1) is 19.4. The van der Waals surface area contributed by atoms with Crippen LogP contribution in [0.25, 0.3) is 21.5 Å². The van der Waals surface area contributed by atoms with Crippen LogP contribution < -0.4 is 11.1 Å². The first-order chi connectivity index (χ1) is 14.1. The van der Waals surface area contributed by atoms with Crippen LogP contribution >= 0.6 is 22.9 Å². The number of nitrogens with zero attached hydrogens (tertiary/aromatic N) is 1. The van der Waals surface area contributed by atoms with Gasteiger partial charge in [-0.05, 0) is 29.5 Å². The average molecular weight is 422 g/mol. The SMILES string of the molecule is CC[C@H](NC(=O)c1c(N)c(-c2sccc2Cl)nc2ccccc12)c1ccccc1. The second-order valence-electron chi connectivity index (χ2n) is 6.71.